The second-order valence-corrected chi connectivity index (χ2v) is 7.71. The number of carbonyl (C=O) groups is 3. The minimum absolute atomic E-state index is 0.147. The lowest BCUT2D eigenvalue weighted by molar-refractivity contribution is -0.147. The van der Waals surface area contributed by atoms with E-state index >= 15 is 0 Å². The smallest absolute Gasteiger partial charge is 0.326 e. The molecular formula is C16H16INO5S. The molecule has 0 radical (unpaired) electrons. The first-order valence-corrected chi connectivity index (χ1v) is 9.07. The monoisotopic (exact) mass is 461 g/mol. The van der Waals surface area contributed by atoms with Gasteiger partial charge in [-0.1, -0.05) is 19.9 Å². The summed E-state index contributed by atoms with van der Waals surface area (Å²) in [6.45, 7) is 3.66. The Morgan fingerprint density at radius 1 is 1.42 bits per heavy atom. The van der Waals surface area contributed by atoms with Crippen molar-refractivity contribution in [1.29, 1.82) is 0 Å². The summed E-state index contributed by atoms with van der Waals surface area (Å²) in [5.74, 6) is -0.796. The Bertz CT molecular complexity index is 716. The molecule has 1 aromatic rings. The van der Waals surface area contributed by atoms with Gasteiger partial charge in [-0.25, -0.2) is 0 Å². The van der Waals surface area contributed by atoms with Gasteiger partial charge in [0.1, 0.15) is 12.3 Å². The number of halogens is 1. The number of esters is 1. The molecule has 0 aromatic heterocycles. The van der Waals surface area contributed by atoms with Crippen LogP contribution in [-0.2, 0) is 14.3 Å². The number of amides is 2. The van der Waals surface area contributed by atoms with E-state index in [4.69, 9.17) is 4.74 Å². The van der Waals surface area contributed by atoms with Crippen molar-refractivity contribution in [1.82, 2.24) is 4.90 Å². The van der Waals surface area contributed by atoms with E-state index in [9.17, 15) is 19.5 Å². The fourth-order valence-corrected chi connectivity index (χ4v) is 3.21. The van der Waals surface area contributed by atoms with Gasteiger partial charge >= 0.3 is 5.97 Å². The van der Waals surface area contributed by atoms with Crippen molar-refractivity contribution in [2.75, 3.05) is 13.2 Å². The van der Waals surface area contributed by atoms with Crippen LogP contribution in [0.5, 0.6) is 5.75 Å². The molecule has 2 amide bonds. The molecule has 1 aliphatic heterocycles. The third-order valence-corrected chi connectivity index (χ3v) is 4.78. The van der Waals surface area contributed by atoms with Crippen molar-refractivity contribution in [3.05, 3.63) is 32.2 Å². The van der Waals surface area contributed by atoms with E-state index in [0.29, 0.717) is 9.13 Å². The standard InChI is InChI=1S/C16H16INO5S/c1-9(2)8-23-14(20)7-18-15(21)13(24-16(18)22)6-10-3-4-12(19)11(17)5-10/h3-6,9,19H,7-8H2,1-2H3/b13-6-. The van der Waals surface area contributed by atoms with Crippen LogP contribution in [0.1, 0.15) is 19.4 Å². The van der Waals surface area contributed by atoms with Crippen molar-refractivity contribution in [2.45, 2.75) is 13.8 Å². The van der Waals surface area contributed by atoms with Crippen molar-refractivity contribution in [3.8, 4) is 5.75 Å². The quantitative estimate of drug-likeness (QED) is 0.412. The van der Waals surface area contributed by atoms with E-state index in [2.05, 4.69) is 0 Å². The van der Waals surface area contributed by atoms with Gasteiger partial charge in [0, 0.05) is 0 Å². The second kappa shape index (κ2) is 8.02. The van der Waals surface area contributed by atoms with Gasteiger partial charge in [0.05, 0.1) is 15.1 Å². The minimum Gasteiger partial charge on any atom is -0.507 e. The fourth-order valence-electron chi connectivity index (χ4n) is 1.83. The van der Waals surface area contributed by atoms with Crippen LogP contribution in [0.15, 0.2) is 23.1 Å². The van der Waals surface area contributed by atoms with Crippen LogP contribution in [0, 0.1) is 9.49 Å². The Hall–Kier alpha value is -1.55. The number of benzene rings is 1. The summed E-state index contributed by atoms with van der Waals surface area (Å²) in [5, 5.41) is 9.02. The summed E-state index contributed by atoms with van der Waals surface area (Å²) in [7, 11) is 0. The lowest BCUT2D eigenvalue weighted by Crippen LogP contribution is -2.34. The largest absolute Gasteiger partial charge is 0.507 e. The zero-order valence-corrected chi connectivity index (χ0v) is 16.1. The second-order valence-electron chi connectivity index (χ2n) is 5.56. The number of phenols is 1. The molecule has 6 nitrogen and oxygen atoms in total. The van der Waals surface area contributed by atoms with Gasteiger partial charge in [-0.2, -0.15) is 0 Å². The molecule has 128 valence electrons. The third-order valence-electron chi connectivity index (χ3n) is 3.01. The fraction of sp³-hybridized carbons (Fsp3) is 0.312. The Morgan fingerprint density at radius 3 is 2.75 bits per heavy atom. The van der Waals surface area contributed by atoms with E-state index in [-0.39, 0.29) is 29.7 Å². The first-order valence-electron chi connectivity index (χ1n) is 7.17. The molecular weight excluding hydrogens is 445 g/mol. The highest BCUT2D eigenvalue weighted by molar-refractivity contribution is 14.1. The topological polar surface area (TPSA) is 83.9 Å². The molecule has 8 heteroatoms. The van der Waals surface area contributed by atoms with Gasteiger partial charge in [-0.15, -0.1) is 0 Å². The molecule has 1 heterocycles. The van der Waals surface area contributed by atoms with Gasteiger partial charge < -0.3 is 9.84 Å². The van der Waals surface area contributed by atoms with Gasteiger partial charge in [0.25, 0.3) is 11.1 Å². The molecule has 1 N–H and O–H groups in total. The molecule has 0 spiro atoms. The maximum Gasteiger partial charge on any atom is 0.326 e. The zero-order chi connectivity index (χ0) is 17.9. The zero-order valence-electron chi connectivity index (χ0n) is 13.1. The summed E-state index contributed by atoms with van der Waals surface area (Å²) >= 11 is 2.75. The van der Waals surface area contributed by atoms with E-state index in [1.807, 2.05) is 36.4 Å². The van der Waals surface area contributed by atoms with Crippen LogP contribution in [0.2, 0.25) is 0 Å². The molecule has 1 saturated heterocycles. The van der Waals surface area contributed by atoms with Gasteiger partial charge in [0.2, 0.25) is 0 Å². The highest BCUT2D eigenvalue weighted by atomic mass is 127. The SMILES string of the molecule is CC(C)COC(=O)CN1C(=O)S/C(=C\c2ccc(O)c(I)c2)C1=O. The number of carbonyl (C=O) groups excluding carboxylic acids is 3. The summed E-state index contributed by atoms with van der Waals surface area (Å²) < 4.78 is 5.64. The van der Waals surface area contributed by atoms with Crippen molar-refractivity contribution in [2.24, 2.45) is 5.92 Å². The number of rotatable bonds is 5. The molecule has 1 aromatic carbocycles. The Balaban J connectivity index is 2.09. The normalized spacial score (nSPS) is 16.3. The molecule has 24 heavy (non-hydrogen) atoms. The predicted molar refractivity (Wildman–Crippen MR) is 99.3 cm³/mol. The lowest BCUT2D eigenvalue weighted by atomic mass is 10.2. The van der Waals surface area contributed by atoms with Crippen molar-refractivity contribution >= 4 is 57.5 Å². The summed E-state index contributed by atoms with van der Waals surface area (Å²) in [6, 6.07) is 4.85. The van der Waals surface area contributed by atoms with Gasteiger partial charge in [0.15, 0.2) is 0 Å². The van der Waals surface area contributed by atoms with Crippen LogP contribution in [0.4, 0.5) is 4.79 Å². The molecule has 0 bridgehead atoms. The van der Waals surface area contributed by atoms with Crippen LogP contribution in [-0.4, -0.2) is 40.3 Å². The van der Waals surface area contributed by atoms with Crippen molar-refractivity contribution in [3.63, 3.8) is 0 Å². The molecule has 0 unspecified atom stereocenters. The average molecular weight is 461 g/mol. The Morgan fingerprint density at radius 2 is 2.12 bits per heavy atom. The van der Waals surface area contributed by atoms with Crippen LogP contribution < -0.4 is 0 Å². The average Bonchev–Trinajstić information content (AvgIpc) is 2.76. The highest BCUT2D eigenvalue weighted by Gasteiger charge is 2.36. The summed E-state index contributed by atoms with van der Waals surface area (Å²) in [6.07, 6.45) is 1.56. The highest BCUT2D eigenvalue weighted by Crippen LogP contribution is 2.32. The predicted octanol–water partition coefficient (Wildman–Crippen LogP) is 3.23. The minimum atomic E-state index is -0.605. The molecule has 0 saturated carbocycles. The van der Waals surface area contributed by atoms with E-state index in [1.54, 1.807) is 18.2 Å². The number of phenolic OH excluding ortho intramolecular Hbond substituents is 1. The Labute approximate surface area is 157 Å². The maximum absolute atomic E-state index is 12.3. The number of hydrogen-bond acceptors (Lipinski definition) is 6. The van der Waals surface area contributed by atoms with Crippen LogP contribution in [0.25, 0.3) is 6.08 Å². The van der Waals surface area contributed by atoms with Crippen LogP contribution >= 0.6 is 34.4 Å². The number of imide groups is 1. The number of thioether (sulfide) groups is 1. The molecule has 0 atom stereocenters. The Kier molecular flexibility index (Phi) is 6.27. The third kappa shape index (κ3) is 4.73. The summed E-state index contributed by atoms with van der Waals surface area (Å²) in [4.78, 5) is 37.1. The number of aromatic hydroxyl groups is 1. The van der Waals surface area contributed by atoms with E-state index < -0.39 is 17.1 Å². The maximum atomic E-state index is 12.3. The molecule has 0 aliphatic carbocycles. The molecule has 1 fully saturated rings. The number of nitrogens with zero attached hydrogens (tertiary/aromatic N) is 1. The number of hydrogen-bond donors (Lipinski definition) is 1. The molecule has 2 rings (SSSR count). The first-order chi connectivity index (χ1) is 11.3. The van der Waals surface area contributed by atoms with E-state index in [1.165, 1.54) is 6.07 Å². The van der Waals surface area contributed by atoms with Gasteiger partial charge in [-0.3, -0.25) is 19.3 Å². The van der Waals surface area contributed by atoms with Gasteiger partial charge in [-0.05, 0) is 64.0 Å². The first kappa shape index (κ1) is 18.8. The number of ether oxygens (including phenoxy) is 1. The van der Waals surface area contributed by atoms with Crippen molar-refractivity contribution < 1.29 is 24.2 Å². The summed E-state index contributed by atoms with van der Waals surface area (Å²) in [5.41, 5.74) is 0.685. The van der Waals surface area contributed by atoms with E-state index in [0.717, 1.165) is 16.7 Å². The molecule has 1 aliphatic rings. The lowest BCUT2D eigenvalue weighted by Gasteiger charge is -2.12. The van der Waals surface area contributed by atoms with Crippen LogP contribution in [0.3, 0.4) is 0 Å².